The Balaban J connectivity index is 3.33. The average Bonchev–Trinajstić information content (AvgIpc) is 2.29. The highest BCUT2D eigenvalue weighted by Gasteiger charge is 2.21. The van der Waals surface area contributed by atoms with Crippen LogP contribution in [0.2, 0.25) is 0 Å². The zero-order valence-electron chi connectivity index (χ0n) is 6.55. The van der Waals surface area contributed by atoms with E-state index in [9.17, 15) is 18.5 Å². The molecule has 0 aliphatic heterocycles. The fraction of sp³-hybridized carbons (Fsp3) is 0.200. The van der Waals surface area contributed by atoms with Crippen molar-refractivity contribution in [2.24, 2.45) is 0 Å². The van der Waals surface area contributed by atoms with Crippen LogP contribution in [-0.2, 0) is 9.84 Å². The van der Waals surface area contributed by atoms with Crippen LogP contribution < -0.4 is 5.73 Å². The highest BCUT2D eigenvalue weighted by molar-refractivity contribution is 7.92. The first-order chi connectivity index (χ1) is 5.82. The van der Waals surface area contributed by atoms with Crippen LogP contribution in [0, 0.1) is 10.1 Å². The summed E-state index contributed by atoms with van der Waals surface area (Å²) in [4.78, 5) is 9.59. The molecule has 2 N–H and O–H groups in total. The molecule has 8 heteroatoms. The molecule has 0 spiro atoms. The van der Waals surface area contributed by atoms with Gasteiger partial charge < -0.3 is 5.73 Å². The summed E-state index contributed by atoms with van der Waals surface area (Å²) in [5, 5.41) is 10.2. The van der Waals surface area contributed by atoms with Crippen molar-refractivity contribution in [1.29, 1.82) is 0 Å². The second-order valence-electron chi connectivity index (χ2n) is 2.34. The Bertz CT molecular complexity index is 447. The molecule has 1 aromatic rings. The molecule has 0 aliphatic rings. The van der Waals surface area contributed by atoms with Crippen LogP contribution in [0.1, 0.15) is 0 Å². The Morgan fingerprint density at radius 1 is 1.62 bits per heavy atom. The van der Waals surface area contributed by atoms with Gasteiger partial charge in [-0.15, -0.1) is 0 Å². The van der Waals surface area contributed by atoms with Gasteiger partial charge in [0.05, 0.1) is 4.92 Å². The molecule has 0 fully saturated rings. The Morgan fingerprint density at radius 2 is 2.15 bits per heavy atom. The summed E-state index contributed by atoms with van der Waals surface area (Å²) < 4.78 is 21.8. The monoisotopic (exact) mass is 222 g/mol. The third-order valence-electron chi connectivity index (χ3n) is 1.28. The highest BCUT2D eigenvalue weighted by Crippen LogP contribution is 2.33. The van der Waals surface area contributed by atoms with E-state index in [1.54, 1.807) is 0 Å². The van der Waals surface area contributed by atoms with Crippen LogP contribution in [0.4, 0.5) is 10.7 Å². The smallest absolute Gasteiger partial charge is 0.304 e. The number of nitro groups is 1. The molecule has 13 heavy (non-hydrogen) atoms. The van der Waals surface area contributed by atoms with E-state index in [0.717, 1.165) is 12.3 Å². The molecule has 6 nitrogen and oxygen atoms in total. The molecule has 1 heterocycles. The molecular formula is C5H6N2O4S2. The molecule has 0 atom stereocenters. The van der Waals surface area contributed by atoms with Crippen molar-refractivity contribution in [3.63, 3.8) is 0 Å². The van der Waals surface area contributed by atoms with Gasteiger partial charge in [-0.25, -0.2) is 8.42 Å². The fourth-order valence-electron chi connectivity index (χ4n) is 0.698. The van der Waals surface area contributed by atoms with Crippen molar-refractivity contribution < 1.29 is 13.3 Å². The maximum atomic E-state index is 11.0. The van der Waals surface area contributed by atoms with Gasteiger partial charge in [-0.3, -0.25) is 10.1 Å². The molecule has 0 saturated heterocycles. The number of hydrogen-bond donors (Lipinski definition) is 1. The van der Waals surface area contributed by atoms with E-state index in [1.807, 2.05) is 0 Å². The standard InChI is InChI=1S/C5H6N2O4S2/c1-13(10,11)4-2-3(7(8)9)5(6)12-4/h2H,6H2,1H3. The quantitative estimate of drug-likeness (QED) is 0.584. The van der Waals surface area contributed by atoms with Gasteiger partial charge in [0.1, 0.15) is 4.21 Å². The Hall–Kier alpha value is -1.15. The van der Waals surface area contributed by atoms with Crippen LogP contribution in [0.25, 0.3) is 0 Å². The van der Waals surface area contributed by atoms with E-state index in [2.05, 4.69) is 0 Å². The van der Waals surface area contributed by atoms with Crippen molar-refractivity contribution >= 4 is 31.9 Å². The van der Waals surface area contributed by atoms with Gasteiger partial charge in [0.15, 0.2) is 14.8 Å². The lowest BCUT2D eigenvalue weighted by Crippen LogP contribution is -1.92. The minimum atomic E-state index is -3.40. The number of thiophene rings is 1. The summed E-state index contributed by atoms with van der Waals surface area (Å²) in [6, 6.07) is 0.968. The molecule has 1 rings (SSSR count). The molecule has 0 unspecified atom stereocenters. The zero-order valence-corrected chi connectivity index (χ0v) is 8.18. The number of nitrogen functional groups attached to an aromatic ring is 1. The number of anilines is 1. The van der Waals surface area contributed by atoms with Gasteiger partial charge in [0, 0.05) is 12.3 Å². The van der Waals surface area contributed by atoms with E-state index in [-0.39, 0.29) is 14.9 Å². The Labute approximate surface area is 78.1 Å². The Kier molecular flexibility index (Phi) is 2.26. The van der Waals surface area contributed by atoms with Gasteiger partial charge in [0.25, 0.3) is 0 Å². The zero-order chi connectivity index (χ0) is 10.2. The predicted octanol–water partition coefficient (Wildman–Crippen LogP) is 0.642. The van der Waals surface area contributed by atoms with E-state index >= 15 is 0 Å². The predicted molar refractivity (Wildman–Crippen MR) is 48.5 cm³/mol. The van der Waals surface area contributed by atoms with Crippen LogP contribution in [0.3, 0.4) is 0 Å². The maximum absolute atomic E-state index is 11.0. The summed E-state index contributed by atoms with van der Waals surface area (Å²) in [7, 11) is -3.40. The van der Waals surface area contributed by atoms with Crippen LogP contribution in [-0.4, -0.2) is 19.6 Å². The van der Waals surface area contributed by atoms with Crippen molar-refractivity contribution in [2.75, 3.05) is 12.0 Å². The minimum absolute atomic E-state index is 0.0864. The topological polar surface area (TPSA) is 103 Å². The highest BCUT2D eigenvalue weighted by atomic mass is 32.2. The first kappa shape index (κ1) is 9.93. The molecule has 72 valence electrons. The van der Waals surface area contributed by atoms with Crippen molar-refractivity contribution in [2.45, 2.75) is 4.21 Å². The summed E-state index contributed by atoms with van der Waals surface area (Å²) in [5.41, 5.74) is 4.90. The van der Waals surface area contributed by atoms with Crippen LogP contribution >= 0.6 is 11.3 Å². The van der Waals surface area contributed by atoms with E-state index in [0.29, 0.717) is 11.3 Å². The fourth-order valence-corrected chi connectivity index (χ4v) is 2.52. The molecule has 0 saturated carbocycles. The second-order valence-corrected chi connectivity index (χ2v) is 5.67. The van der Waals surface area contributed by atoms with Gasteiger partial charge >= 0.3 is 5.69 Å². The number of rotatable bonds is 2. The average molecular weight is 222 g/mol. The molecule has 0 amide bonds. The summed E-state index contributed by atoms with van der Waals surface area (Å²) >= 11 is 0.698. The van der Waals surface area contributed by atoms with Crippen molar-refractivity contribution in [1.82, 2.24) is 0 Å². The SMILES string of the molecule is CS(=O)(=O)c1cc([N+](=O)[O-])c(N)s1. The molecular weight excluding hydrogens is 216 g/mol. The number of nitrogens with zero attached hydrogens (tertiary/aromatic N) is 1. The number of nitrogens with two attached hydrogens (primary N) is 1. The second kappa shape index (κ2) is 2.96. The van der Waals surface area contributed by atoms with Crippen molar-refractivity contribution in [3.05, 3.63) is 16.2 Å². The first-order valence-electron chi connectivity index (χ1n) is 3.06. The summed E-state index contributed by atoms with van der Waals surface area (Å²) in [6.45, 7) is 0. The van der Waals surface area contributed by atoms with Gasteiger partial charge in [-0.1, -0.05) is 11.3 Å². The lowest BCUT2D eigenvalue weighted by Gasteiger charge is -1.86. The molecule has 0 radical (unpaired) electrons. The van der Waals surface area contributed by atoms with Gasteiger partial charge in [0.2, 0.25) is 0 Å². The van der Waals surface area contributed by atoms with E-state index in [1.165, 1.54) is 0 Å². The van der Waals surface area contributed by atoms with Gasteiger partial charge in [-0.2, -0.15) is 0 Å². The van der Waals surface area contributed by atoms with E-state index in [4.69, 9.17) is 5.73 Å². The lowest BCUT2D eigenvalue weighted by molar-refractivity contribution is -0.383. The lowest BCUT2D eigenvalue weighted by atomic mass is 10.5. The normalized spacial score (nSPS) is 11.5. The maximum Gasteiger partial charge on any atom is 0.304 e. The third-order valence-corrected chi connectivity index (χ3v) is 4.03. The molecule has 1 aromatic heterocycles. The molecule has 0 aromatic carbocycles. The van der Waals surface area contributed by atoms with Gasteiger partial charge in [-0.05, 0) is 0 Å². The first-order valence-corrected chi connectivity index (χ1v) is 5.77. The van der Waals surface area contributed by atoms with E-state index < -0.39 is 14.8 Å². The summed E-state index contributed by atoms with van der Waals surface area (Å²) in [5.74, 6) is 0. The minimum Gasteiger partial charge on any atom is -0.385 e. The number of hydrogen-bond acceptors (Lipinski definition) is 6. The van der Waals surface area contributed by atoms with Crippen LogP contribution in [0.5, 0.6) is 0 Å². The third kappa shape index (κ3) is 1.95. The molecule has 0 bridgehead atoms. The molecule has 0 aliphatic carbocycles. The number of sulfone groups is 1. The Morgan fingerprint density at radius 3 is 2.38 bits per heavy atom. The van der Waals surface area contributed by atoms with Crippen LogP contribution in [0.15, 0.2) is 10.3 Å². The van der Waals surface area contributed by atoms with Crippen molar-refractivity contribution in [3.8, 4) is 0 Å². The summed E-state index contributed by atoms with van der Waals surface area (Å²) in [6.07, 6.45) is 0.974. The largest absolute Gasteiger partial charge is 0.385 e.